The van der Waals surface area contributed by atoms with Crippen LogP contribution in [0.5, 0.6) is 0 Å². The molecule has 0 saturated carbocycles. The second-order valence-corrected chi connectivity index (χ2v) is 3.60. The van der Waals surface area contributed by atoms with E-state index in [1.807, 2.05) is 0 Å². The van der Waals surface area contributed by atoms with Crippen molar-refractivity contribution < 1.29 is 27.5 Å². The number of rotatable bonds is 0. The average Bonchev–Trinajstić information content (AvgIpc) is 2.26. The molecule has 0 unspecified atom stereocenters. The van der Waals surface area contributed by atoms with Gasteiger partial charge in [0.2, 0.25) is 0 Å². The van der Waals surface area contributed by atoms with Crippen LogP contribution in [0.1, 0.15) is 12.8 Å². The molecule has 7 heteroatoms. The van der Waals surface area contributed by atoms with Crippen LogP contribution in [-0.2, 0) is 14.3 Å². The van der Waals surface area contributed by atoms with Gasteiger partial charge < -0.3 is 9.64 Å². The van der Waals surface area contributed by atoms with Gasteiger partial charge in [-0.25, -0.2) is 4.79 Å². The zero-order valence-electron chi connectivity index (χ0n) is 8.71. The van der Waals surface area contributed by atoms with E-state index >= 15 is 0 Å². The molecule has 0 N–H and O–H groups in total. The third-order valence-electron chi connectivity index (χ3n) is 2.61. The van der Waals surface area contributed by atoms with E-state index < -0.39 is 24.0 Å². The van der Waals surface area contributed by atoms with Crippen LogP contribution in [0, 0.1) is 5.92 Å². The predicted octanol–water partition coefficient (Wildman–Crippen LogP) is 0.960. The lowest BCUT2D eigenvalue weighted by atomic mass is 9.96. The predicted molar refractivity (Wildman–Crippen MR) is 47.4 cm³/mol. The zero-order chi connectivity index (χ0) is 12.3. The van der Waals surface area contributed by atoms with Gasteiger partial charge in [-0.05, 0) is 12.8 Å². The summed E-state index contributed by atoms with van der Waals surface area (Å²) >= 11 is 0. The topological polar surface area (TPSA) is 46.6 Å². The van der Waals surface area contributed by atoms with E-state index in [0.717, 1.165) is 12.0 Å². The fourth-order valence-electron chi connectivity index (χ4n) is 1.63. The molecule has 0 aromatic rings. The van der Waals surface area contributed by atoms with Crippen LogP contribution in [0.15, 0.2) is 0 Å². The minimum Gasteiger partial charge on any atom is -0.462 e. The largest absolute Gasteiger partial charge is 0.462 e. The van der Waals surface area contributed by atoms with E-state index in [2.05, 4.69) is 4.74 Å². The van der Waals surface area contributed by atoms with Crippen LogP contribution < -0.4 is 0 Å². The average molecular weight is 239 g/mol. The molecule has 0 aromatic carbocycles. The number of carbonyl (C=O) groups excluding carboxylic acids is 2. The fraction of sp³-hybridized carbons (Fsp3) is 0.778. The Bertz CT molecular complexity index is 282. The quantitative estimate of drug-likeness (QED) is 0.467. The zero-order valence-corrected chi connectivity index (χ0v) is 8.71. The molecule has 4 nitrogen and oxygen atoms in total. The first-order valence-electron chi connectivity index (χ1n) is 4.80. The molecule has 0 spiro atoms. The number of alkyl halides is 3. The Kier molecular flexibility index (Phi) is 3.77. The standard InChI is InChI=1S/C9H12F3NO3/c1-16-8(15)7(14)13-4-2-6(3-5-13)9(10,11)12/h6H,2-5H2,1H3. The van der Waals surface area contributed by atoms with Gasteiger partial charge in [0, 0.05) is 13.1 Å². The Balaban J connectivity index is 2.49. The number of ether oxygens (including phenoxy) is 1. The van der Waals surface area contributed by atoms with Crippen molar-refractivity contribution in [2.24, 2.45) is 5.92 Å². The summed E-state index contributed by atoms with van der Waals surface area (Å²) in [6, 6.07) is 0. The van der Waals surface area contributed by atoms with Crippen LogP contribution >= 0.6 is 0 Å². The van der Waals surface area contributed by atoms with Crippen molar-refractivity contribution in [3.8, 4) is 0 Å². The number of piperidine rings is 1. The van der Waals surface area contributed by atoms with Gasteiger partial charge in [-0.15, -0.1) is 0 Å². The summed E-state index contributed by atoms with van der Waals surface area (Å²) in [5.41, 5.74) is 0. The van der Waals surface area contributed by atoms with Crippen LogP contribution in [0.3, 0.4) is 0 Å². The van der Waals surface area contributed by atoms with E-state index in [1.165, 1.54) is 0 Å². The van der Waals surface area contributed by atoms with Crippen molar-refractivity contribution in [3.05, 3.63) is 0 Å². The molecule has 1 aliphatic heterocycles. The summed E-state index contributed by atoms with van der Waals surface area (Å²) in [7, 11) is 1.06. The van der Waals surface area contributed by atoms with Gasteiger partial charge >= 0.3 is 18.1 Å². The van der Waals surface area contributed by atoms with Crippen molar-refractivity contribution in [2.45, 2.75) is 19.0 Å². The third-order valence-corrected chi connectivity index (χ3v) is 2.61. The highest BCUT2D eigenvalue weighted by Crippen LogP contribution is 2.34. The van der Waals surface area contributed by atoms with Gasteiger partial charge in [0.1, 0.15) is 0 Å². The molecular weight excluding hydrogens is 227 g/mol. The molecule has 92 valence electrons. The third kappa shape index (κ3) is 2.86. The van der Waals surface area contributed by atoms with Crippen molar-refractivity contribution >= 4 is 11.9 Å². The number of halogens is 3. The van der Waals surface area contributed by atoms with Gasteiger partial charge in [-0.3, -0.25) is 4.79 Å². The second-order valence-electron chi connectivity index (χ2n) is 3.60. The molecule has 0 aliphatic carbocycles. The van der Waals surface area contributed by atoms with Crippen molar-refractivity contribution in [2.75, 3.05) is 20.2 Å². The molecule has 1 rings (SSSR count). The maximum atomic E-state index is 12.3. The summed E-state index contributed by atoms with van der Waals surface area (Å²) in [4.78, 5) is 23.2. The summed E-state index contributed by atoms with van der Waals surface area (Å²) in [5, 5.41) is 0. The summed E-state index contributed by atoms with van der Waals surface area (Å²) in [6.07, 6.45) is -4.54. The molecule has 1 fully saturated rings. The van der Waals surface area contributed by atoms with Crippen molar-refractivity contribution in [1.82, 2.24) is 4.90 Å². The van der Waals surface area contributed by atoms with Crippen molar-refractivity contribution in [1.29, 1.82) is 0 Å². The number of nitrogens with zero attached hydrogens (tertiary/aromatic N) is 1. The Hall–Kier alpha value is -1.27. The lowest BCUT2D eigenvalue weighted by Crippen LogP contribution is -2.45. The molecule has 0 aromatic heterocycles. The Morgan fingerprint density at radius 3 is 2.12 bits per heavy atom. The number of likely N-dealkylation sites (tertiary alicyclic amines) is 1. The van der Waals surface area contributed by atoms with E-state index in [-0.39, 0.29) is 25.9 Å². The van der Waals surface area contributed by atoms with E-state index in [0.29, 0.717) is 0 Å². The molecule has 16 heavy (non-hydrogen) atoms. The number of methoxy groups -OCH3 is 1. The normalized spacial score (nSPS) is 18.4. The highest BCUT2D eigenvalue weighted by atomic mass is 19.4. The van der Waals surface area contributed by atoms with Gasteiger partial charge in [-0.1, -0.05) is 0 Å². The number of hydrogen-bond acceptors (Lipinski definition) is 3. The first kappa shape index (κ1) is 12.8. The molecule has 1 heterocycles. The lowest BCUT2D eigenvalue weighted by molar-refractivity contribution is -0.187. The minimum atomic E-state index is -4.22. The lowest BCUT2D eigenvalue weighted by Gasteiger charge is -2.32. The molecule has 1 saturated heterocycles. The van der Waals surface area contributed by atoms with Gasteiger partial charge in [0.15, 0.2) is 0 Å². The smallest absolute Gasteiger partial charge is 0.396 e. The Labute approximate surface area is 90.3 Å². The SMILES string of the molecule is COC(=O)C(=O)N1CCC(C(F)(F)F)CC1. The van der Waals surface area contributed by atoms with Crippen molar-refractivity contribution in [3.63, 3.8) is 0 Å². The summed E-state index contributed by atoms with van der Waals surface area (Å²) < 4.78 is 41.1. The Morgan fingerprint density at radius 1 is 1.25 bits per heavy atom. The van der Waals surface area contributed by atoms with E-state index in [4.69, 9.17) is 0 Å². The maximum Gasteiger partial charge on any atom is 0.396 e. The summed E-state index contributed by atoms with van der Waals surface area (Å²) in [6.45, 7) is -0.115. The van der Waals surface area contributed by atoms with E-state index in [9.17, 15) is 22.8 Å². The highest BCUT2D eigenvalue weighted by Gasteiger charge is 2.42. The molecule has 0 bridgehead atoms. The highest BCUT2D eigenvalue weighted by molar-refractivity contribution is 6.32. The molecular formula is C9H12F3NO3. The minimum absolute atomic E-state index is 0.0574. The van der Waals surface area contributed by atoms with Gasteiger partial charge in [-0.2, -0.15) is 13.2 Å². The Morgan fingerprint density at radius 2 is 1.75 bits per heavy atom. The molecule has 1 aliphatic rings. The number of hydrogen-bond donors (Lipinski definition) is 0. The van der Waals surface area contributed by atoms with Crippen LogP contribution in [-0.4, -0.2) is 43.2 Å². The van der Waals surface area contributed by atoms with Crippen LogP contribution in [0.4, 0.5) is 13.2 Å². The molecule has 0 radical (unpaired) electrons. The van der Waals surface area contributed by atoms with Gasteiger partial charge in [0.25, 0.3) is 0 Å². The first-order chi connectivity index (χ1) is 7.36. The summed E-state index contributed by atoms with van der Waals surface area (Å²) in [5.74, 6) is -3.29. The first-order valence-corrected chi connectivity index (χ1v) is 4.80. The second kappa shape index (κ2) is 4.71. The number of esters is 1. The fourth-order valence-corrected chi connectivity index (χ4v) is 1.63. The monoisotopic (exact) mass is 239 g/mol. The molecule has 0 atom stereocenters. The maximum absolute atomic E-state index is 12.3. The number of amides is 1. The van der Waals surface area contributed by atoms with Crippen LogP contribution in [0.2, 0.25) is 0 Å². The van der Waals surface area contributed by atoms with Gasteiger partial charge in [0.05, 0.1) is 13.0 Å². The van der Waals surface area contributed by atoms with Crippen LogP contribution in [0.25, 0.3) is 0 Å². The van der Waals surface area contributed by atoms with E-state index in [1.54, 1.807) is 0 Å². The molecule has 1 amide bonds. The number of carbonyl (C=O) groups is 2.